The number of anilines is 1. The van der Waals surface area contributed by atoms with E-state index in [1.807, 2.05) is 35.3 Å². The lowest BCUT2D eigenvalue weighted by Crippen LogP contribution is -2.23. The number of para-hydroxylation sites is 1. The summed E-state index contributed by atoms with van der Waals surface area (Å²) in [5.74, 6) is 0.627. The zero-order valence-corrected chi connectivity index (χ0v) is 13.7. The number of carbonyl (C=O) groups is 1. The van der Waals surface area contributed by atoms with Crippen LogP contribution in [0.4, 0.5) is 5.82 Å². The topological polar surface area (TPSA) is 75.6 Å². The summed E-state index contributed by atoms with van der Waals surface area (Å²) in [5.41, 5.74) is 5.39. The number of fused-ring (bicyclic) bond motifs is 1. The van der Waals surface area contributed by atoms with Crippen LogP contribution in [0.1, 0.15) is 41.6 Å². The van der Waals surface area contributed by atoms with Crippen LogP contribution in [-0.4, -0.2) is 25.9 Å². The molecule has 2 N–H and O–H groups in total. The van der Waals surface area contributed by atoms with Crippen molar-refractivity contribution in [2.24, 2.45) is 0 Å². The van der Waals surface area contributed by atoms with E-state index >= 15 is 0 Å². The summed E-state index contributed by atoms with van der Waals surface area (Å²) in [5, 5.41) is 14.7. The van der Waals surface area contributed by atoms with Gasteiger partial charge in [0.1, 0.15) is 0 Å². The Balaban J connectivity index is 1.77. The average molecular weight is 321 g/mol. The van der Waals surface area contributed by atoms with Crippen LogP contribution in [0, 0.1) is 6.92 Å². The maximum atomic E-state index is 12.0. The molecule has 0 fully saturated rings. The van der Waals surface area contributed by atoms with Gasteiger partial charge in [0.2, 0.25) is 5.91 Å². The quantitative estimate of drug-likeness (QED) is 0.779. The summed E-state index contributed by atoms with van der Waals surface area (Å²) < 4.78 is 1.88. The highest BCUT2D eigenvalue weighted by Gasteiger charge is 2.31. The van der Waals surface area contributed by atoms with Crippen molar-refractivity contribution in [2.75, 3.05) is 5.32 Å². The summed E-state index contributed by atoms with van der Waals surface area (Å²) in [7, 11) is 0. The van der Waals surface area contributed by atoms with Gasteiger partial charge in [-0.25, -0.2) is 4.68 Å². The number of amides is 1. The number of nitrogens with zero attached hydrogens (tertiary/aromatic N) is 3. The Hall–Kier alpha value is -2.89. The van der Waals surface area contributed by atoms with E-state index in [4.69, 9.17) is 0 Å². The number of carbonyl (C=O) groups excluding carboxylic acids is 1. The first kappa shape index (κ1) is 14.7. The number of hydrogen-bond donors (Lipinski definition) is 2. The molecule has 0 aliphatic carbocycles. The molecule has 122 valence electrons. The van der Waals surface area contributed by atoms with E-state index in [2.05, 4.69) is 40.5 Å². The normalized spacial score (nSPS) is 16.8. The third kappa shape index (κ3) is 2.31. The summed E-state index contributed by atoms with van der Waals surface area (Å²) >= 11 is 0. The number of benzene rings is 1. The predicted molar refractivity (Wildman–Crippen MR) is 91.4 cm³/mol. The fourth-order valence-corrected chi connectivity index (χ4v) is 3.35. The van der Waals surface area contributed by atoms with Crippen LogP contribution in [0.5, 0.6) is 0 Å². The summed E-state index contributed by atoms with van der Waals surface area (Å²) in [4.78, 5) is 12.0. The van der Waals surface area contributed by atoms with Crippen LogP contribution in [0.15, 0.2) is 36.7 Å². The highest BCUT2D eigenvalue weighted by molar-refractivity contribution is 5.94. The van der Waals surface area contributed by atoms with Gasteiger partial charge in [0.05, 0.1) is 11.9 Å². The first-order valence-corrected chi connectivity index (χ1v) is 8.15. The van der Waals surface area contributed by atoms with Gasteiger partial charge in [-0.1, -0.05) is 25.1 Å². The van der Waals surface area contributed by atoms with E-state index in [0.29, 0.717) is 12.2 Å². The van der Waals surface area contributed by atoms with Gasteiger partial charge in [-0.2, -0.15) is 10.2 Å². The van der Waals surface area contributed by atoms with Crippen molar-refractivity contribution in [2.45, 2.75) is 32.6 Å². The van der Waals surface area contributed by atoms with Crippen molar-refractivity contribution in [1.29, 1.82) is 0 Å². The van der Waals surface area contributed by atoms with Gasteiger partial charge in [0.15, 0.2) is 5.82 Å². The molecular weight excluding hydrogens is 302 g/mol. The van der Waals surface area contributed by atoms with E-state index < -0.39 is 0 Å². The number of aromatic amines is 1. The average Bonchev–Trinajstić information content (AvgIpc) is 3.21. The van der Waals surface area contributed by atoms with E-state index in [9.17, 15) is 4.79 Å². The maximum absolute atomic E-state index is 12.0. The van der Waals surface area contributed by atoms with Crippen LogP contribution in [0.3, 0.4) is 0 Å². The number of aromatic nitrogens is 4. The van der Waals surface area contributed by atoms with Crippen molar-refractivity contribution in [3.05, 3.63) is 59.0 Å². The molecule has 1 atom stereocenters. The summed E-state index contributed by atoms with van der Waals surface area (Å²) in [6, 6.07) is 8.12. The molecule has 0 bridgehead atoms. The van der Waals surface area contributed by atoms with E-state index in [0.717, 1.165) is 34.5 Å². The fraction of sp³-hybridized carbons (Fsp3) is 0.278. The molecule has 0 radical (unpaired) electrons. The second kappa shape index (κ2) is 5.63. The first-order valence-electron chi connectivity index (χ1n) is 8.15. The molecule has 1 aromatic carbocycles. The largest absolute Gasteiger partial charge is 0.309 e. The summed E-state index contributed by atoms with van der Waals surface area (Å²) in [6.45, 7) is 4.14. The van der Waals surface area contributed by atoms with Crippen LogP contribution in [-0.2, 0) is 11.2 Å². The van der Waals surface area contributed by atoms with Gasteiger partial charge in [-0.15, -0.1) is 0 Å². The second-order valence-electron chi connectivity index (χ2n) is 6.13. The molecule has 1 aliphatic rings. The molecule has 3 aromatic rings. The van der Waals surface area contributed by atoms with Crippen LogP contribution in [0.25, 0.3) is 5.69 Å². The van der Waals surface area contributed by atoms with E-state index in [1.165, 1.54) is 0 Å². The standard InChI is InChI=1S/C18H19N5O/c1-3-14-17-13(8-16(24)20-18(17)22-21-14)12-9-19-23(10-12)15-7-5-4-6-11(15)2/h4-7,9-10,13H,3,8H2,1-2H3,(H2,20,21,22,24). The Morgan fingerprint density at radius 2 is 2.17 bits per heavy atom. The van der Waals surface area contributed by atoms with Crippen molar-refractivity contribution in [1.82, 2.24) is 20.0 Å². The Labute approximate surface area is 139 Å². The second-order valence-corrected chi connectivity index (χ2v) is 6.13. The van der Waals surface area contributed by atoms with Crippen LogP contribution < -0.4 is 5.32 Å². The van der Waals surface area contributed by atoms with E-state index in [-0.39, 0.29) is 11.8 Å². The van der Waals surface area contributed by atoms with Gasteiger partial charge >= 0.3 is 0 Å². The van der Waals surface area contributed by atoms with Gasteiger partial charge in [-0.3, -0.25) is 9.89 Å². The number of hydrogen-bond acceptors (Lipinski definition) is 3. The zero-order valence-electron chi connectivity index (χ0n) is 13.7. The van der Waals surface area contributed by atoms with Crippen LogP contribution >= 0.6 is 0 Å². The molecular formula is C18H19N5O. The van der Waals surface area contributed by atoms with Crippen molar-refractivity contribution in [3.63, 3.8) is 0 Å². The molecule has 4 rings (SSSR count). The molecule has 1 aliphatic heterocycles. The SMILES string of the molecule is CCc1[nH]nc2c1C(c1cnn(-c3ccccc3C)c1)CC(=O)N2. The number of aryl methyl sites for hydroxylation is 2. The van der Waals surface area contributed by atoms with Gasteiger partial charge in [0, 0.05) is 29.8 Å². The first-order chi connectivity index (χ1) is 11.7. The van der Waals surface area contributed by atoms with Crippen LogP contribution in [0.2, 0.25) is 0 Å². The maximum Gasteiger partial charge on any atom is 0.226 e. The monoisotopic (exact) mass is 321 g/mol. The Morgan fingerprint density at radius 1 is 1.33 bits per heavy atom. The lowest BCUT2D eigenvalue weighted by Gasteiger charge is -2.21. The number of H-pyrrole nitrogens is 1. The predicted octanol–water partition coefficient (Wildman–Crippen LogP) is 2.94. The van der Waals surface area contributed by atoms with Crippen molar-refractivity contribution >= 4 is 11.7 Å². The van der Waals surface area contributed by atoms with Crippen molar-refractivity contribution < 1.29 is 4.79 Å². The molecule has 6 nitrogen and oxygen atoms in total. The lowest BCUT2D eigenvalue weighted by atomic mass is 9.87. The minimum atomic E-state index is -0.0137. The molecule has 3 heterocycles. The molecule has 1 amide bonds. The molecule has 6 heteroatoms. The zero-order chi connectivity index (χ0) is 16.7. The van der Waals surface area contributed by atoms with Gasteiger partial charge in [-0.05, 0) is 30.5 Å². The van der Waals surface area contributed by atoms with Crippen molar-refractivity contribution in [3.8, 4) is 5.69 Å². The number of rotatable bonds is 3. The van der Waals surface area contributed by atoms with Gasteiger partial charge in [0.25, 0.3) is 0 Å². The highest BCUT2D eigenvalue weighted by Crippen LogP contribution is 2.38. The lowest BCUT2D eigenvalue weighted by molar-refractivity contribution is -0.116. The molecule has 0 spiro atoms. The molecule has 0 saturated carbocycles. The molecule has 0 saturated heterocycles. The number of nitrogens with one attached hydrogen (secondary N) is 2. The smallest absolute Gasteiger partial charge is 0.226 e. The third-order valence-electron chi connectivity index (χ3n) is 4.60. The molecule has 2 aromatic heterocycles. The Kier molecular flexibility index (Phi) is 3.45. The fourth-order valence-electron chi connectivity index (χ4n) is 3.35. The third-order valence-corrected chi connectivity index (χ3v) is 4.60. The Morgan fingerprint density at radius 3 is 2.96 bits per heavy atom. The van der Waals surface area contributed by atoms with Gasteiger partial charge < -0.3 is 5.32 Å². The summed E-state index contributed by atoms with van der Waals surface area (Å²) in [6.07, 6.45) is 5.13. The molecule has 1 unspecified atom stereocenters. The van der Waals surface area contributed by atoms with E-state index in [1.54, 1.807) is 0 Å². The highest BCUT2D eigenvalue weighted by atomic mass is 16.1. The molecule has 24 heavy (non-hydrogen) atoms. The Bertz CT molecular complexity index is 908. The minimum absolute atomic E-state index is 0.00899. The minimum Gasteiger partial charge on any atom is -0.309 e.